The molecule has 1 N–H and O–H groups in total. The van der Waals surface area contributed by atoms with Crippen LogP contribution in [0.1, 0.15) is 38.5 Å². The summed E-state index contributed by atoms with van der Waals surface area (Å²) in [5, 5.41) is 3.52. The lowest BCUT2D eigenvalue weighted by Crippen LogP contribution is -2.30. The van der Waals surface area contributed by atoms with Crippen molar-refractivity contribution in [3.8, 4) is 0 Å². The third kappa shape index (κ3) is 4.52. The Morgan fingerprint density at radius 1 is 1.19 bits per heavy atom. The van der Waals surface area contributed by atoms with E-state index in [1.54, 1.807) is 6.08 Å². The van der Waals surface area contributed by atoms with Crippen LogP contribution in [0.25, 0.3) is 0 Å². The van der Waals surface area contributed by atoms with E-state index in [1.807, 2.05) is 12.2 Å². The molecule has 0 saturated heterocycles. The van der Waals surface area contributed by atoms with Gasteiger partial charge in [-0.05, 0) is 18.4 Å². The van der Waals surface area contributed by atoms with Crippen molar-refractivity contribution in [3.63, 3.8) is 0 Å². The van der Waals surface area contributed by atoms with Gasteiger partial charge in [-0.3, -0.25) is 0 Å². The first-order valence-corrected chi connectivity index (χ1v) is 6.14. The molecule has 0 bridgehead atoms. The number of nitrogens with one attached hydrogen (secondary N) is 1. The lowest BCUT2D eigenvalue weighted by molar-refractivity contribution is 0.395. The summed E-state index contributed by atoms with van der Waals surface area (Å²) in [5.74, 6) is 0. The van der Waals surface area contributed by atoms with Crippen LogP contribution in [0, 0.1) is 0 Å². The zero-order chi connectivity index (χ0) is 11.8. The van der Waals surface area contributed by atoms with Gasteiger partial charge in [0.25, 0.3) is 0 Å². The molecule has 1 heteroatoms. The Balaban J connectivity index is 2.36. The molecule has 0 radical (unpaired) electrons. The van der Waals surface area contributed by atoms with Gasteiger partial charge in [0.2, 0.25) is 0 Å². The lowest BCUT2D eigenvalue weighted by atomic mass is 9.95. The first-order valence-electron chi connectivity index (χ1n) is 6.14. The van der Waals surface area contributed by atoms with Crippen LogP contribution in [0.15, 0.2) is 49.2 Å². The van der Waals surface area contributed by atoms with Crippen LogP contribution in [-0.4, -0.2) is 6.04 Å². The molecule has 0 amide bonds. The molecule has 0 atom stereocenters. The van der Waals surface area contributed by atoms with E-state index in [0.717, 1.165) is 12.1 Å². The van der Waals surface area contributed by atoms with Crippen LogP contribution >= 0.6 is 0 Å². The normalized spacial score (nSPS) is 17.9. The fraction of sp³-hybridized carbons (Fsp3) is 0.467. The summed E-state index contributed by atoms with van der Waals surface area (Å²) in [5.41, 5.74) is 2.27. The summed E-state index contributed by atoms with van der Waals surface area (Å²) in [6, 6.07) is 0.635. The highest BCUT2D eigenvalue weighted by Gasteiger charge is 2.13. The second kappa shape index (κ2) is 7.10. The third-order valence-corrected chi connectivity index (χ3v) is 3.03. The summed E-state index contributed by atoms with van der Waals surface area (Å²) < 4.78 is 0. The third-order valence-electron chi connectivity index (χ3n) is 3.03. The number of allylic oxidation sites excluding steroid dienone is 4. The van der Waals surface area contributed by atoms with Gasteiger partial charge in [-0.15, -0.1) is 0 Å². The van der Waals surface area contributed by atoms with E-state index in [0.29, 0.717) is 6.04 Å². The molecule has 1 aliphatic rings. The van der Waals surface area contributed by atoms with E-state index in [9.17, 15) is 0 Å². The maximum Gasteiger partial charge on any atom is 0.0258 e. The molecule has 1 saturated carbocycles. The molecule has 0 unspecified atom stereocenters. The summed E-state index contributed by atoms with van der Waals surface area (Å²) in [7, 11) is 0. The van der Waals surface area contributed by atoms with Crippen molar-refractivity contribution < 1.29 is 0 Å². The Kier molecular flexibility index (Phi) is 5.69. The smallest absolute Gasteiger partial charge is 0.0258 e. The maximum atomic E-state index is 4.08. The van der Waals surface area contributed by atoms with Gasteiger partial charge in [-0.2, -0.15) is 0 Å². The minimum Gasteiger partial charge on any atom is -0.386 e. The number of rotatable bonds is 6. The van der Waals surface area contributed by atoms with Gasteiger partial charge in [-0.25, -0.2) is 0 Å². The molecule has 1 rings (SSSR count). The van der Waals surface area contributed by atoms with Crippen LogP contribution in [-0.2, 0) is 0 Å². The Bertz CT molecular complexity index is 280. The maximum absolute atomic E-state index is 4.08. The second-order valence-corrected chi connectivity index (χ2v) is 4.44. The van der Waals surface area contributed by atoms with E-state index in [2.05, 4.69) is 25.1 Å². The standard InChI is InChI=1S/C15H23N/c1-4-9-14(5-2)12-13(3)16-15-10-7-6-8-11-15/h4-5,9,15-16H,1-3,6-8,10-12H2/b14-9+. The quantitative estimate of drug-likeness (QED) is 0.660. The molecule has 0 aromatic carbocycles. The highest BCUT2D eigenvalue weighted by molar-refractivity contribution is 5.25. The van der Waals surface area contributed by atoms with Crippen molar-refractivity contribution in [2.24, 2.45) is 0 Å². The monoisotopic (exact) mass is 217 g/mol. The molecule has 1 fully saturated rings. The van der Waals surface area contributed by atoms with Crippen LogP contribution in [0.3, 0.4) is 0 Å². The molecular formula is C15H23N. The van der Waals surface area contributed by atoms with E-state index in [4.69, 9.17) is 0 Å². The first-order chi connectivity index (χ1) is 7.76. The zero-order valence-electron chi connectivity index (χ0n) is 10.2. The van der Waals surface area contributed by atoms with Gasteiger partial charge >= 0.3 is 0 Å². The largest absolute Gasteiger partial charge is 0.386 e. The molecule has 1 aliphatic carbocycles. The molecular weight excluding hydrogens is 194 g/mol. The van der Waals surface area contributed by atoms with Gasteiger partial charge in [0, 0.05) is 18.2 Å². The highest BCUT2D eigenvalue weighted by Crippen LogP contribution is 2.19. The predicted molar refractivity (Wildman–Crippen MR) is 72.2 cm³/mol. The van der Waals surface area contributed by atoms with Crippen LogP contribution in [0.5, 0.6) is 0 Å². The SMILES string of the molecule is C=C/C=C(\C=C)CC(=C)NC1CCCCC1. The van der Waals surface area contributed by atoms with Crippen molar-refractivity contribution >= 4 is 0 Å². The van der Waals surface area contributed by atoms with Crippen molar-refractivity contribution in [1.29, 1.82) is 0 Å². The Morgan fingerprint density at radius 3 is 2.44 bits per heavy atom. The topological polar surface area (TPSA) is 12.0 Å². The molecule has 0 spiro atoms. The van der Waals surface area contributed by atoms with E-state index >= 15 is 0 Å². The van der Waals surface area contributed by atoms with E-state index < -0.39 is 0 Å². The molecule has 0 aromatic rings. The predicted octanol–water partition coefficient (Wildman–Crippen LogP) is 4.11. The molecule has 1 nitrogen and oxygen atoms in total. The second-order valence-electron chi connectivity index (χ2n) is 4.44. The van der Waals surface area contributed by atoms with Gasteiger partial charge < -0.3 is 5.32 Å². The van der Waals surface area contributed by atoms with Crippen LogP contribution in [0.4, 0.5) is 0 Å². The summed E-state index contributed by atoms with van der Waals surface area (Å²) in [6.07, 6.45) is 13.2. The van der Waals surface area contributed by atoms with Gasteiger partial charge in [0.1, 0.15) is 0 Å². The summed E-state index contributed by atoms with van der Waals surface area (Å²) >= 11 is 0. The van der Waals surface area contributed by atoms with Crippen molar-refractivity contribution in [1.82, 2.24) is 5.32 Å². The fourth-order valence-electron chi connectivity index (χ4n) is 2.18. The summed E-state index contributed by atoms with van der Waals surface area (Å²) in [4.78, 5) is 0. The Labute approximate surface area is 99.6 Å². The number of hydrogen-bond donors (Lipinski definition) is 1. The van der Waals surface area contributed by atoms with Gasteiger partial charge in [0.15, 0.2) is 0 Å². The van der Waals surface area contributed by atoms with Gasteiger partial charge in [-0.1, -0.05) is 57.2 Å². The van der Waals surface area contributed by atoms with Crippen LogP contribution in [0.2, 0.25) is 0 Å². The van der Waals surface area contributed by atoms with Crippen LogP contribution < -0.4 is 5.32 Å². The summed E-state index contributed by atoms with van der Waals surface area (Å²) in [6.45, 7) is 11.6. The Morgan fingerprint density at radius 2 is 1.88 bits per heavy atom. The average molecular weight is 217 g/mol. The van der Waals surface area contributed by atoms with Crippen molar-refractivity contribution in [3.05, 3.63) is 49.2 Å². The zero-order valence-corrected chi connectivity index (χ0v) is 10.2. The van der Waals surface area contributed by atoms with Gasteiger partial charge in [0.05, 0.1) is 0 Å². The van der Waals surface area contributed by atoms with Crippen molar-refractivity contribution in [2.45, 2.75) is 44.6 Å². The molecule has 16 heavy (non-hydrogen) atoms. The van der Waals surface area contributed by atoms with E-state index in [1.165, 1.54) is 37.7 Å². The molecule has 0 heterocycles. The number of hydrogen-bond acceptors (Lipinski definition) is 1. The Hall–Kier alpha value is -1.24. The molecule has 88 valence electrons. The lowest BCUT2D eigenvalue weighted by Gasteiger charge is -2.25. The highest BCUT2D eigenvalue weighted by atomic mass is 14.9. The van der Waals surface area contributed by atoms with Crippen molar-refractivity contribution in [2.75, 3.05) is 0 Å². The minimum absolute atomic E-state index is 0.635. The first kappa shape index (κ1) is 12.8. The molecule has 0 aromatic heterocycles. The fourth-order valence-corrected chi connectivity index (χ4v) is 2.18. The van der Waals surface area contributed by atoms with E-state index in [-0.39, 0.29) is 0 Å². The average Bonchev–Trinajstić information content (AvgIpc) is 2.29. The molecule has 0 aliphatic heterocycles. The minimum atomic E-state index is 0.635.